The third-order valence-corrected chi connectivity index (χ3v) is 4.82. The Morgan fingerprint density at radius 2 is 2.10 bits per heavy atom. The normalized spacial score (nSPS) is 22.2. The lowest BCUT2D eigenvalue weighted by Gasteiger charge is -2.27. The maximum atomic E-state index is 4.67. The van der Waals surface area contributed by atoms with Crippen molar-refractivity contribution in [1.82, 2.24) is 15.2 Å². The topological polar surface area (TPSA) is 31.4 Å². The van der Waals surface area contributed by atoms with Crippen LogP contribution in [0, 0.1) is 0 Å². The van der Waals surface area contributed by atoms with Gasteiger partial charge < -0.3 is 10.2 Å². The third-order valence-electron chi connectivity index (χ3n) is 4.82. The van der Waals surface area contributed by atoms with E-state index in [-0.39, 0.29) is 0 Å². The lowest BCUT2D eigenvalue weighted by Crippen LogP contribution is -2.37. The minimum absolute atomic E-state index is 0.686. The molecule has 0 amide bonds. The Bertz CT molecular complexity index is 454. The number of likely N-dealkylation sites (N-methyl/N-ethyl adjacent to an activating group) is 1. The standard InChI is InChI=1S/C17H28N4/c1-3-20(4-2)16-9-11-21(13-16)17-14(6-5-10-18-17)12-19-15-7-8-15/h5-6,10,15-16,19H,3-4,7-9,11-13H2,1-2H3. The second kappa shape index (κ2) is 6.75. The van der Waals surface area contributed by atoms with Gasteiger partial charge in [-0.25, -0.2) is 4.98 Å². The molecule has 0 spiro atoms. The fraction of sp³-hybridized carbons (Fsp3) is 0.706. The van der Waals surface area contributed by atoms with E-state index in [1.807, 2.05) is 6.20 Å². The Morgan fingerprint density at radius 1 is 1.29 bits per heavy atom. The first-order chi connectivity index (χ1) is 10.3. The molecule has 1 aliphatic carbocycles. The molecular formula is C17H28N4. The second-order valence-corrected chi connectivity index (χ2v) is 6.25. The van der Waals surface area contributed by atoms with Crippen LogP contribution in [0.2, 0.25) is 0 Å². The third kappa shape index (κ3) is 3.55. The van der Waals surface area contributed by atoms with Crippen molar-refractivity contribution in [1.29, 1.82) is 0 Å². The highest BCUT2D eigenvalue weighted by molar-refractivity contribution is 5.48. The van der Waals surface area contributed by atoms with Gasteiger partial charge in [0.05, 0.1) is 0 Å². The van der Waals surface area contributed by atoms with Crippen molar-refractivity contribution in [3.8, 4) is 0 Å². The van der Waals surface area contributed by atoms with Gasteiger partial charge >= 0.3 is 0 Å². The van der Waals surface area contributed by atoms with Crippen molar-refractivity contribution in [2.45, 2.75) is 51.7 Å². The molecule has 1 N–H and O–H groups in total. The molecule has 3 rings (SSSR count). The van der Waals surface area contributed by atoms with Crippen molar-refractivity contribution in [2.75, 3.05) is 31.1 Å². The monoisotopic (exact) mass is 288 g/mol. The summed E-state index contributed by atoms with van der Waals surface area (Å²) in [7, 11) is 0. The van der Waals surface area contributed by atoms with Gasteiger partial charge in [0.15, 0.2) is 0 Å². The number of nitrogens with one attached hydrogen (secondary N) is 1. The van der Waals surface area contributed by atoms with Crippen LogP contribution in [-0.2, 0) is 6.54 Å². The zero-order valence-corrected chi connectivity index (χ0v) is 13.4. The van der Waals surface area contributed by atoms with E-state index in [9.17, 15) is 0 Å². The van der Waals surface area contributed by atoms with Crippen molar-refractivity contribution in [2.24, 2.45) is 0 Å². The van der Waals surface area contributed by atoms with Crippen LogP contribution in [0.1, 0.15) is 38.7 Å². The molecule has 0 radical (unpaired) electrons. The number of aromatic nitrogens is 1. The number of rotatable bonds is 7. The summed E-state index contributed by atoms with van der Waals surface area (Å²) in [5.74, 6) is 1.19. The predicted molar refractivity (Wildman–Crippen MR) is 87.6 cm³/mol. The molecule has 1 unspecified atom stereocenters. The quantitative estimate of drug-likeness (QED) is 0.834. The van der Waals surface area contributed by atoms with Crippen LogP contribution in [0.3, 0.4) is 0 Å². The van der Waals surface area contributed by atoms with Crippen LogP contribution in [0.4, 0.5) is 5.82 Å². The van der Waals surface area contributed by atoms with Gasteiger partial charge in [-0.05, 0) is 38.4 Å². The molecule has 0 bridgehead atoms. The first kappa shape index (κ1) is 14.8. The molecule has 1 aliphatic heterocycles. The van der Waals surface area contributed by atoms with Crippen molar-refractivity contribution < 1.29 is 0 Å². The molecule has 4 nitrogen and oxygen atoms in total. The van der Waals surface area contributed by atoms with Crippen molar-refractivity contribution >= 4 is 5.82 Å². The molecule has 1 atom stereocenters. The molecule has 1 saturated heterocycles. The molecular weight excluding hydrogens is 260 g/mol. The summed E-state index contributed by atoms with van der Waals surface area (Å²) in [5, 5.41) is 3.62. The maximum Gasteiger partial charge on any atom is 0.133 e. The molecule has 1 aromatic rings. The summed E-state index contributed by atoms with van der Waals surface area (Å²) in [4.78, 5) is 9.73. The van der Waals surface area contributed by atoms with Crippen molar-refractivity contribution in [3.63, 3.8) is 0 Å². The fourth-order valence-corrected chi connectivity index (χ4v) is 3.37. The number of anilines is 1. The van der Waals surface area contributed by atoms with Crippen molar-refractivity contribution in [3.05, 3.63) is 23.9 Å². The first-order valence-electron chi connectivity index (χ1n) is 8.48. The Hall–Kier alpha value is -1.13. The summed E-state index contributed by atoms with van der Waals surface area (Å²) in [6.45, 7) is 10.0. The highest BCUT2D eigenvalue weighted by Gasteiger charge is 2.28. The zero-order chi connectivity index (χ0) is 14.7. The van der Waals surface area contributed by atoms with E-state index in [2.05, 4.69) is 46.1 Å². The fourth-order valence-electron chi connectivity index (χ4n) is 3.37. The molecule has 1 saturated carbocycles. The molecule has 2 heterocycles. The second-order valence-electron chi connectivity index (χ2n) is 6.25. The summed E-state index contributed by atoms with van der Waals surface area (Å²) < 4.78 is 0. The zero-order valence-electron chi connectivity index (χ0n) is 13.4. The van der Waals surface area contributed by atoms with Crippen LogP contribution < -0.4 is 10.2 Å². The van der Waals surface area contributed by atoms with E-state index in [4.69, 9.17) is 0 Å². The summed E-state index contributed by atoms with van der Waals surface area (Å²) >= 11 is 0. The van der Waals surface area contributed by atoms with Gasteiger partial charge in [0.25, 0.3) is 0 Å². The van der Waals surface area contributed by atoms with Gasteiger partial charge in [-0.15, -0.1) is 0 Å². The highest BCUT2D eigenvalue weighted by Crippen LogP contribution is 2.26. The van der Waals surface area contributed by atoms with Gasteiger partial charge in [-0.2, -0.15) is 0 Å². The predicted octanol–water partition coefficient (Wildman–Crippen LogP) is 2.25. The van der Waals surface area contributed by atoms with E-state index in [1.54, 1.807) is 0 Å². The Labute approximate surface area is 128 Å². The van der Waals surface area contributed by atoms with Gasteiger partial charge in [-0.3, -0.25) is 4.90 Å². The van der Waals surface area contributed by atoms with E-state index in [0.29, 0.717) is 6.04 Å². The van der Waals surface area contributed by atoms with Gasteiger partial charge in [0.2, 0.25) is 0 Å². The summed E-state index contributed by atoms with van der Waals surface area (Å²) in [6, 6.07) is 5.72. The number of pyridine rings is 1. The highest BCUT2D eigenvalue weighted by atomic mass is 15.3. The number of nitrogens with zero attached hydrogens (tertiary/aromatic N) is 3. The molecule has 2 fully saturated rings. The van der Waals surface area contributed by atoms with Crippen LogP contribution in [0.25, 0.3) is 0 Å². The van der Waals surface area contributed by atoms with Gasteiger partial charge in [0, 0.05) is 43.5 Å². The van der Waals surface area contributed by atoms with Crippen LogP contribution >= 0.6 is 0 Å². The molecule has 0 aromatic carbocycles. The number of hydrogen-bond donors (Lipinski definition) is 1. The summed E-state index contributed by atoms with van der Waals surface area (Å²) in [6.07, 6.45) is 5.86. The molecule has 2 aliphatic rings. The SMILES string of the molecule is CCN(CC)C1CCN(c2ncccc2CNC2CC2)C1. The smallest absolute Gasteiger partial charge is 0.133 e. The summed E-state index contributed by atoms with van der Waals surface area (Å²) in [5.41, 5.74) is 1.35. The van der Waals surface area contributed by atoms with E-state index >= 15 is 0 Å². The molecule has 116 valence electrons. The Kier molecular flexibility index (Phi) is 4.76. The lowest BCUT2D eigenvalue weighted by molar-refractivity contribution is 0.232. The van der Waals surface area contributed by atoms with Crippen LogP contribution in [-0.4, -0.2) is 48.1 Å². The number of hydrogen-bond acceptors (Lipinski definition) is 4. The van der Waals surface area contributed by atoms with E-state index < -0.39 is 0 Å². The first-order valence-corrected chi connectivity index (χ1v) is 8.48. The van der Waals surface area contributed by atoms with Gasteiger partial charge in [0.1, 0.15) is 5.82 Å². The lowest BCUT2D eigenvalue weighted by atomic mass is 10.2. The average molecular weight is 288 g/mol. The minimum atomic E-state index is 0.686. The van der Waals surface area contributed by atoms with E-state index in [1.165, 1.54) is 30.6 Å². The van der Waals surface area contributed by atoms with Gasteiger partial charge in [-0.1, -0.05) is 19.9 Å². The Balaban J connectivity index is 1.66. The molecule has 4 heteroatoms. The van der Waals surface area contributed by atoms with Crippen LogP contribution in [0.5, 0.6) is 0 Å². The van der Waals surface area contributed by atoms with Crippen LogP contribution in [0.15, 0.2) is 18.3 Å². The molecule has 21 heavy (non-hydrogen) atoms. The minimum Gasteiger partial charge on any atom is -0.355 e. The maximum absolute atomic E-state index is 4.67. The largest absolute Gasteiger partial charge is 0.355 e. The average Bonchev–Trinajstić information content (AvgIpc) is 3.23. The van der Waals surface area contributed by atoms with E-state index in [0.717, 1.165) is 38.8 Å². The Morgan fingerprint density at radius 3 is 2.81 bits per heavy atom. The molecule has 1 aromatic heterocycles.